The molecule has 0 amide bonds. The molecular weight excluding hydrogens is 873 g/mol. The van der Waals surface area contributed by atoms with E-state index in [4.69, 9.17) is 13.7 Å². The molecule has 4 heterocycles. The quantitative estimate of drug-likeness (QED) is 0.151. The number of anilines is 6. The Morgan fingerprint density at radius 3 is 1.15 bits per heavy atom. The highest BCUT2D eigenvalue weighted by molar-refractivity contribution is 6.32. The Bertz CT molecular complexity index is 4830. The fourth-order valence-corrected chi connectivity index (χ4v) is 11.7. The van der Waals surface area contributed by atoms with Gasteiger partial charge >= 0.3 is 0 Å². The molecule has 72 heavy (non-hydrogen) atoms. The van der Waals surface area contributed by atoms with Gasteiger partial charge in [0, 0.05) is 65.6 Å². The third kappa shape index (κ3) is 5.81. The van der Waals surface area contributed by atoms with E-state index in [1.807, 2.05) is 111 Å². The van der Waals surface area contributed by atoms with Crippen LogP contribution in [-0.4, -0.2) is 8.80 Å². The molecule has 4 heteroatoms. The summed E-state index contributed by atoms with van der Waals surface area (Å²) in [4.78, 5) is 4.32. The van der Waals surface area contributed by atoms with Crippen LogP contribution in [-0.2, 0) is 0 Å². The molecule has 338 valence electrons. The van der Waals surface area contributed by atoms with Crippen LogP contribution < -0.4 is 9.80 Å². The van der Waals surface area contributed by atoms with Gasteiger partial charge in [0.2, 0.25) is 0 Å². The Hall–Kier alpha value is -9.38. The minimum absolute atomic E-state index is 0.132. The van der Waals surface area contributed by atoms with E-state index in [9.17, 15) is 0 Å². The minimum atomic E-state index is -0.441. The molecule has 0 aliphatic heterocycles. The van der Waals surface area contributed by atoms with E-state index in [0.29, 0.717) is 22.5 Å². The van der Waals surface area contributed by atoms with Gasteiger partial charge in [-0.1, -0.05) is 169 Å². The lowest BCUT2D eigenvalue weighted by Gasteiger charge is -2.29. The molecule has 0 spiro atoms. The molecule has 11 aromatic carbocycles. The molecule has 15 aromatic rings. The number of aryl methyl sites for hydroxylation is 2. The number of benzene rings is 11. The fourth-order valence-electron chi connectivity index (χ4n) is 11.7. The minimum Gasteiger partial charge on any atom is -0.309 e. The zero-order chi connectivity index (χ0) is 56.3. The van der Waals surface area contributed by atoms with Gasteiger partial charge in [0.05, 0.1) is 69.6 Å². The van der Waals surface area contributed by atoms with Crippen molar-refractivity contribution in [2.45, 2.75) is 13.8 Å². The third-order valence-electron chi connectivity index (χ3n) is 14.6. The van der Waals surface area contributed by atoms with E-state index in [0.717, 1.165) is 110 Å². The lowest BCUT2D eigenvalue weighted by molar-refractivity contribution is 1.29. The van der Waals surface area contributed by atoms with Crippen molar-refractivity contribution in [1.29, 1.82) is 0 Å². The van der Waals surface area contributed by atoms with E-state index in [-0.39, 0.29) is 35.3 Å². The van der Waals surface area contributed by atoms with Crippen molar-refractivity contribution in [2.75, 3.05) is 9.80 Å². The molecule has 0 radical (unpaired) electrons. The largest absolute Gasteiger partial charge is 0.309 e. The van der Waals surface area contributed by atoms with Gasteiger partial charge in [-0.05, 0) is 110 Å². The second kappa shape index (κ2) is 15.6. The predicted octanol–water partition coefficient (Wildman–Crippen LogP) is 18.9. The Labute approximate surface area is 430 Å². The fraction of sp³-hybridized carbons (Fsp3) is 0.0294. The maximum absolute atomic E-state index is 9.16. The van der Waals surface area contributed by atoms with Crippen LogP contribution in [0.5, 0.6) is 0 Å². The van der Waals surface area contributed by atoms with Gasteiger partial charge in [0.1, 0.15) is 0 Å². The van der Waals surface area contributed by atoms with Crippen molar-refractivity contribution in [2.24, 2.45) is 0 Å². The Morgan fingerprint density at radius 1 is 0.333 bits per heavy atom. The highest BCUT2D eigenvalue weighted by Gasteiger charge is 2.29. The third-order valence-corrected chi connectivity index (χ3v) is 14.6. The average molecular weight is 929 g/mol. The second-order valence-electron chi connectivity index (χ2n) is 18.7. The first kappa shape index (κ1) is 31.7. The second-order valence-corrected chi connectivity index (χ2v) is 18.7. The number of nitrogens with zero attached hydrogens (tertiary/aromatic N) is 4. The standard InChI is InChI=1S/C68H46N4/c1-43-31-35-59(53(39-43)45-19-7-3-8-20-45)69(47-23-11-5-12-24-47)61-37-33-49-55-41-64-56(42-63(55)71-57-29-17-15-27-51(57)65(61)67(49)71)50-34-38-62(66-52-28-16-18-30-58(52)72(64)68(50)66)70(48-25-13-6-14-26-48)60-36-32-44(2)40-54(60)46-21-9-4-10-22-46/h3-42H,1-2H3/i3D,4D,7D,8D,9D,10D,19D,20D,21D,22D. The first-order valence-electron chi connectivity index (χ1n) is 29.1. The molecule has 4 aromatic heterocycles. The molecule has 0 atom stereocenters. The van der Waals surface area contributed by atoms with Crippen molar-refractivity contribution in [3.63, 3.8) is 0 Å². The molecule has 0 bridgehead atoms. The van der Waals surface area contributed by atoms with Gasteiger partial charge < -0.3 is 18.6 Å². The molecule has 0 saturated carbocycles. The molecule has 0 N–H and O–H groups in total. The summed E-state index contributed by atoms with van der Waals surface area (Å²) in [5, 5.41) is 8.28. The number of hydrogen-bond acceptors (Lipinski definition) is 2. The van der Waals surface area contributed by atoms with Crippen molar-refractivity contribution < 1.29 is 13.7 Å². The van der Waals surface area contributed by atoms with E-state index < -0.39 is 36.3 Å². The van der Waals surface area contributed by atoms with Gasteiger partial charge in [-0.3, -0.25) is 0 Å². The van der Waals surface area contributed by atoms with E-state index in [2.05, 4.69) is 104 Å². The lowest BCUT2D eigenvalue weighted by atomic mass is 9.98. The van der Waals surface area contributed by atoms with Gasteiger partial charge in [-0.2, -0.15) is 0 Å². The summed E-state index contributed by atoms with van der Waals surface area (Å²) in [5.41, 5.74) is 13.9. The van der Waals surface area contributed by atoms with E-state index in [1.54, 1.807) is 0 Å². The Kier molecular flexibility index (Phi) is 6.85. The summed E-state index contributed by atoms with van der Waals surface area (Å²) in [6, 6.07) is 58.5. The van der Waals surface area contributed by atoms with Crippen LogP contribution >= 0.6 is 0 Å². The molecule has 0 saturated heterocycles. The molecule has 0 unspecified atom stereocenters. The topological polar surface area (TPSA) is 15.3 Å². The van der Waals surface area contributed by atoms with Crippen LogP contribution in [0.2, 0.25) is 0 Å². The molecule has 0 aliphatic carbocycles. The normalized spacial score (nSPS) is 14.0. The monoisotopic (exact) mass is 928 g/mol. The molecule has 0 aliphatic rings. The zero-order valence-corrected chi connectivity index (χ0v) is 39.1. The summed E-state index contributed by atoms with van der Waals surface area (Å²) in [6.07, 6.45) is 0. The first-order valence-corrected chi connectivity index (χ1v) is 24.1. The van der Waals surface area contributed by atoms with Crippen LogP contribution in [0.25, 0.3) is 98.4 Å². The summed E-state index contributed by atoms with van der Waals surface area (Å²) in [6.45, 7) is 3.89. The molecule has 0 fully saturated rings. The van der Waals surface area contributed by atoms with Crippen LogP contribution in [0.4, 0.5) is 34.1 Å². The predicted molar refractivity (Wildman–Crippen MR) is 305 cm³/mol. The number of para-hydroxylation sites is 4. The SMILES string of the molecule is [2H]c1c([2H])c([2H])c(-c2cc(C)ccc2N(c2ccccc2)c2ccc3c4cc5c(cc4n4c6ccccc6c2c34)c2ccc(N(c3ccccc3)c3ccc(C)cc3-c3c([2H])c([2H])c([2H])c([2H])c3[2H])c3c4ccccc4n5c23)c([2H])c1[2H]. The van der Waals surface area contributed by atoms with Gasteiger partial charge in [0.25, 0.3) is 0 Å². The zero-order valence-electron chi connectivity index (χ0n) is 49.1. The van der Waals surface area contributed by atoms with Crippen molar-refractivity contribution in [3.8, 4) is 22.3 Å². The van der Waals surface area contributed by atoms with Gasteiger partial charge in [-0.25, -0.2) is 0 Å². The van der Waals surface area contributed by atoms with E-state index in [1.165, 1.54) is 0 Å². The van der Waals surface area contributed by atoms with Crippen LogP contribution in [0, 0.1) is 13.8 Å². The van der Waals surface area contributed by atoms with Crippen LogP contribution in [0.15, 0.2) is 242 Å². The highest BCUT2D eigenvalue weighted by atomic mass is 15.2. The number of aromatic nitrogens is 2. The van der Waals surface area contributed by atoms with Crippen LogP contribution in [0.1, 0.15) is 24.8 Å². The maximum Gasteiger partial charge on any atom is 0.0641 e. The van der Waals surface area contributed by atoms with Crippen molar-refractivity contribution in [1.82, 2.24) is 8.80 Å². The summed E-state index contributed by atoms with van der Waals surface area (Å²) in [7, 11) is 0. The lowest BCUT2D eigenvalue weighted by Crippen LogP contribution is -2.11. The number of hydrogen-bond donors (Lipinski definition) is 0. The maximum atomic E-state index is 9.16. The van der Waals surface area contributed by atoms with Gasteiger partial charge in [0.15, 0.2) is 0 Å². The summed E-state index contributed by atoms with van der Waals surface area (Å²) >= 11 is 0. The highest BCUT2D eigenvalue weighted by Crippen LogP contribution is 2.53. The molecule has 4 nitrogen and oxygen atoms in total. The van der Waals surface area contributed by atoms with Crippen molar-refractivity contribution >= 4 is 110 Å². The Morgan fingerprint density at radius 2 is 0.722 bits per heavy atom. The number of rotatable bonds is 8. The number of fused-ring (bicyclic) bond motifs is 12. The smallest absolute Gasteiger partial charge is 0.0641 e. The van der Waals surface area contributed by atoms with E-state index >= 15 is 0 Å². The van der Waals surface area contributed by atoms with Crippen molar-refractivity contribution in [3.05, 3.63) is 254 Å². The average Bonchev–Trinajstić information content (AvgIpc) is 4.39. The first-order chi connectivity index (χ1) is 39.7. The summed E-state index contributed by atoms with van der Waals surface area (Å²) in [5.74, 6) is 0. The summed E-state index contributed by atoms with van der Waals surface area (Å²) < 4.78 is 93.1. The Balaban J connectivity index is 1.01. The molecule has 15 rings (SSSR count). The van der Waals surface area contributed by atoms with Crippen LogP contribution in [0.3, 0.4) is 0 Å². The molecular formula is C68H46N4. The van der Waals surface area contributed by atoms with Gasteiger partial charge in [-0.15, -0.1) is 0 Å².